The molecule has 0 unspecified atom stereocenters. The van der Waals surface area contributed by atoms with Gasteiger partial charge in [0, 0.05) is 22.7 Å². The highest BCUT2D eigenvalue weighted by atomic mass is 16.4. The van der Waals surface area contributed by atoms with E-state index >= 15 is 0 Å². The van der Waals surface area contributed by atoms with E-state index in [1.807, 2.05) is 38.1 Å². The number of amides is 1. The summed E-state index contributed by atoms with van der Waals surface area (Å²) in [6.45, 7) is 3.91. The van der Waals surface area contributed by atoms with Crippen LogP contribution in [-0.4, -0.2) is 11.2 Å². The van der Waals surface area contributed by atoms with E-state index < -0.39 is 6.09 Å². The molecular formula is C15H23N5O2. The van der Waals surface area contributed by atoms with Gasteiger partial charge in [-0.05, 0) is 49.2 Å². The molecule has 0 spiro atoms. The number of nitrogen functional groups attached to an aromatic ring is 4. The number of hydrogen-bond acceptors (Lipinski definition) is 5. The van der Waals surface area contributed by atoms with Crippen molar-refractivity contribution >= 4 is 28.8 Å². The highest BCUT2D eigenvalue weighted by Crippen LogP contribution is 2.13. The van der Waals surface area contributed by atoms with Crippen molar-refractivity contribution in [3.63, 3.8) is 0 Å². The Morgan fingerprint density at radius 2 is 1.09 bits per heavy atom. The van der Waals surface area contributed by atoms with Crippen LogP contribution in [0.25, 0.3) is 0 Å². The zero-order chi connectivity index (χ0) is 17.3. The Morgan fingerprint density at radius 1 is 0.818 bits per heavy atom. The Bertz CT molecular complexity index is 576. The van der Waals surface area contributed by atoms with E-state index in [1.54, 1.807) is 12.1 Å². The molecule has 2 rings (SSSR count). The molecule has 0 bridgehead atoms. The van der Waals surface area contributed by atoms with Gasteiger partial charge in [-0.25, -0.2) is 4.79 Å². The summed E-state index contributed by atoms with van der Waals surface area (Å²) >= 11 is 0. The van der Waals surface area contributed by atoms with E-state index in [1.165, 1.54) is 0 Å². The van der Waals surface area contributed by atoms with Gasteiger partial charge in [-0.2, -0.15) is 0 Å². The average molecular weight is 305 g/mol. The third kappa shape index (κ3) is 8.16. The monoisotopic (exact) mass is 305 g/mol. The molecule has 0 aliphatic carbocycles. The molecule has 2 aromatic carbocycles. The highest BCUT2D eigenvalue weighted by Gasteiger charge is 1.91. The molecule has 120 valence electrons. The van der Waals surface area contributed by atoms with Crippen LogP contribution in [-0.2, 0) is 0 Å². The number of aryl methyl sites for hydroxylation is 2. The van der Waals surface area contributed by atoms with Crippen molar-refractivity contribution < 1.29 is 9.90 Å². The number of hydrogen-bond donors (Lipinski definition) is 6. The molecule has 7 heteroatoms. The maximum atomic E-state index is 8.78. The van der Waals surface area contributed by atoms with Crippen molar-refractivity contribution in [3.05, 3.63) is 47.5 Å². The average Bonchev–Trinajstić information content (AvgIpc) is 2.39. The van der Waals surface area contributed by atoms with Crippen LogP contribution in [0.5, 0.6) is 0 Å². The predicted molar refractivity (Wildman–Crippen MR) is 92.2 cm³/mol. The zero-order valence-corrected chi connectivity index (χ0v) is 12.7. The molecule has 22 heavy (non-hydrogen) atoms. The quantitative estimate of drug-likeness (QED) is 0.406. The van der Waals surface area contributed by atoms with Gasteiger partial charge in [0.25, 0.3) is 0 Å². The van der Waals surface area contributed by atoms with Gasteiger partial charge >= 0.3 is 6.09 Å². The summed E-state index contributed by atoms with van der Waals surface area (Å²) in [5.74, 6) is 0. The molecule has 2 aromatic rings. The second-order valence-electron chi connectivity index (χ2n) is 4.57. The molecular weight excluding hydrogens is 282 g/mol. The summed E-state index contributed by atoms with van der Waals surface area (Å²) in [4.78, 5) is 8.78. The number of primary amides is 1. The van der Waals surface area contributed by atoms with Crippen molar-refractivity contribution in [2.24, 2.45) is 5.73 Å². The molecule has 0 aliphatic rings. The van der Waals surface area contributed by atoms with Crippen molar-refractivity contribution in [2.45, 2.75) is 13.8 Å². The molecule has 0 aliphatic heterocycles. The third-order valence-electron chi connectivity index (χ3n) is 2.61. The van der Waals surface area contributed by atoms with E-state index in [9.17, 15) is 0 Å². The minimum absolute atomic E-state index is 0.720. The van der Waals surface area contributed by atoms with Gasteiger partial charge in [-0.1, -0.05) is 12.1 Å². The predicted octanol–water partition coefficient (Wildman–Crippen LogP) is 1.94. The number of carbonyl (C=O) groups is 1. The van der Waals surface area contributed by atoms with Crippen LogP contribution in [0.15, 0.2) is 36.4 Å². The van der Waals surface area contributed by atoms with Crippen LogP contribution in [0.3, 0.4) is 0 Å². The fraction of sp³-hybridized carbons (Fsp3) is 0.133. The van der Waals surface area contributed by atoms with Gasteiger partial charge in [-0.15, -0.1) is 0 Å². The second-order valence-corrected chi connectivity index (χ2v) is 4.57. The maximum Gasteiger partial charge on any atom is 0.402 e. The summed E-state index contributed by atoms with van der Waals surface area (Å²) in [5.41, 5.74) is 31.1. The number of nitrogens with two attached hydrogens (primary N) is 5. The first-order valence-corrected chi connectivity index (χ1v) is 6.35. The van der Waals surface area contributed by atoms with Gasteiger partial charge in [-0.3, -0.25) is 0 Å². The topological polar surface area (TPSA) is 167 Å². The summed E-state index contributed by atoms with van der Waals surface area (Å²) in [5, 5.41) is 7.19. The first kappa shape index (κ1) is 18.9. The van der Waals surface area contributed by atoms with Gasteiger partial charge in [0.05, 0.1) is 0 Å². The lowest BCUT2D eigenvalue weighted by Crippen LogP contribution is -2.03. The summed E-state index contributed by atoms with van der Waals surface area (Å²) in [6, 6.07) is 11.0. The Morgan fingerprint density at radius 3 is 1.27 bits per heavy atom. The standard InChI is InChI=1S/2C7H10N2.CH3NO2/c2*1-5-2-3-6(8)4-7(5)9;2-1(3)4/h2*2-4H,8-9H2,1H3;2H2,(H,3,4). The minimum Gasteiger partial charge on any atom is -0.465 e. The molecule has 11 N–H and O–H groups in total. The van der Waals surface area contributed by atoms with Gasteiger partial charge in [0.2, 0.25) is 0 Å². The zero-order valence-electron chi connectivity index (χ0n) is 12.7. The molecule has 0 saturated heterocycles. The molecule has 7 nitrogen and oxygen atoms in total. The molecule has 0 radical (unpaired) electrons. The minimum atomic E-state index is -1.33. The molecule has 1 amide bonds. The van der Waals surface area contributed by atoms with Crippen molar-refractivity contribution in [1.82, 2.24) is 0 Å². The van der Waals surface area contributed by atoms with E-state index in [0.717, 1.165) is 33.9 Å². The van der Waals surface area contributed by atoms with E-state index in [2.05, 4.69) is 5.73 Å². The Kier molecular flexibility index (Phi) is 7.70. The molecule has 0 aromatic heterocycles. The van der Waals surface area contributed by atoms with Crippen LogP contribution < -0.4 is 28.7 Å². The molecule has 0 heterocycles. The Labute approximate surface area is 129 Å². The van der Waals surface area contributed by atoms with Gasteiger partial charge in [0.15, 0.2) is 0 Å². The fourth-order valence-electron chi connectivity index (χ4n) is 1.32. The lowest BCUT2D eigenvalue weighted by Gasteiger charge is -1.98. The Balaban J connectivity index is 0.000000326. The third-order valence-corrected chi connectivity index (χ3v) is 2.61. The number of carboxylic acid groups (broad SMARTS) is 1. The maximum absolute atomic E-state index is 8.78. The van der Waals surface area contributed by atoms with Gasteiger partial charge < -0.3 is 33.8 Å². The molecule has 0 saturated carbocycles. The van der Waals surface area contributed by atoms with Crippen LogP contribution in [0.1, 0.15) is 11.1 Å². The largest absolute Gasteiger partial charge is 0.465 e. The van der Waals surface area contributed by atoms with Crippen LogP contribution in [0.4, 0.5) is 27.5 Å². The lowest BCUT2D eigenvalue weighted by atomic mass is 10.2. The van der Waals surface area contributed by atoms with E-state index in [0.29, 0.717) is 0 Å². The molecule has 0 fully saturated rings. The van der Waals surface area contributed by atoms with Crippen LogP contribution in [0, 0.1) is 13.8 Å². The number of rotatable bonds is 0. The Hall–Kier alpha value is -3.09. The molecule has 0 atom stereocenters. The van der Waals surface area contributed by atoms with E-state index in [4.69, 9.17) is 32.8 Å². The summed E-state index contributed by atoms with van der Waals surface area (Å²) in [7, 11) is 0. The first-order valence-electron chi connectivity index (χ1n) is 6.35. The number of anilines is 4. The smallest absolute Gasteiger partial charge is 0.402 e. The highest BCUT2D eigenvalue weighted by molar-refractivity contribution is 5.61. The summed E-state index contributed by atoms with van der Waals surface area (Å²) < 4.78 is 0. The van der Waals surface area contributed by atoms with Crippen LogP contribution >= 0.6 is 0 Å². The van der Waals surface area contributed by atoms with Crippen LogP contribution in [0.2, 0.25) is 0 Å². The normalized spacial score (nSPS) is 8.82. The second kappa shape index (κ2) is 8.96. The number of benzene rings is 2. The fourth-order valence-corrected chi connectivity index (χ4v) is 1.32. The van der Waals surface area contributed by atoms with Gasteiger partial charge in [0.1, 0.15) is 0 Å². The van der Waals surface area contributed by atoms with E-state index in [-0.39, 0.29) is 0 Å². The van der Waals surface area contributed by atoms with Crippen molar-refractivity contribution in [3.8, 4) is 0 Å². The summed E-state index contributed by atoms with van der Waals surface area (Å²) in [6.07, 6.45) is -1.33. The first-order chi connectivity index (χ1) is 10.1. The van der Waals surface area contributed by atoms with Crippen molar-refractivity contribution in [2.75, 3.05) is 22.9 Å². The SMILES string of the molecule is Cc1ccc(N)cc1N.Cc1ccc(N)cc1N.NC(=O)O. The lowest BCUT2D eigenvalue weighted by molar-refractivity contribution is 0.205. The van der Waals surface area contributed by atoms with Crippen molar-refractivity contribution in [1.29, 1.82) is 0 Å².